The number of hydrogen-bond donors (Lipinski definition) is 1. The molecule has 18 heavy (non-hydrogen) atoms. The molecule has 0 aromatic heterocycles. The number of nitrogens with zero attached hydrogens (tertiary/aromatic N) is 1. The van der Waals surface area contributed by atoms with Crippen molar-refractivity contribution in [1.29, 1.82) is 0 Å². The quantitative estimate of drug-likeness (QED) is 0.899. The highest BCUT2D eigenvalue weighted by atomic mass is 32.2. The van der Waals surface area contributed by atoms with E-state index in [2.05, 4.69) is 17.4 Å². The number of thioether (sulfide) groups is 1. The van der Waals surface area contributed by atoms with Crippen molar-refractivity contribution in [3.8, 4) is 0 Å². The van der Waals surface area contributed by atoms with Crippen molar-refractivity contribution in [2.24, 2.45) is 0 Å². The summed E-state index contributed by atoms with van der Waals surface area (Å²) in [6.45, 7) is 4.48. The first-order valence-electron chi connectivity index (χ1n) is 6.41. The van der Waals surface area contributed by atoms with Crippen LogP contribution in [0.25, 0.3) is 0 Å². The van der Waals surface area contributed by atoms with Crippen LogP contribution in [0.3, 0.4) is 0 Å². The van der Waals surface area contributed by atoms with Gasteiger partial charge in [0.25, 0.3) is 0 Å². The van der Waals surface area contributed by atoms with Crippen molar-refractivity contribution in [3.63, 3.8) is 0 Å². The first-order valence-corrected chi connectivity index (χ1v) is 7.56. The van der Waals surface area contributed by atoms with E-state index in [1.54, 1.807) is 0 Å². The van der Waals surface area contributed by atoms with Gasteiger partial charge >= 0.3 is 0 Å². The monoisotopic (exact) mass is 264 g/mol. The maximum Gasteiger partial charge on any atom is 0.239 e. The van der Waals surface area contributed by atoms with Crippen LogP contribution in [-0.4, -0.2) is 41.4 Å². The fourth-order valence-electron chi connectivity index (χ4n) is 2.01. The summed E-state index contributed by atoms with van der Waals surface area (Å²) >= 11 is 1.92. The third-order valence-corrected chi connectivity index (χ3v) is 4.09. The van der Waals surface area contributed by atoms with Gasteiger partial charge < -0.3 is 10.2 Å². The Morgan fingerprint density at radius 2 is 2.00 bits per heavy atom. The third-order valence-electron chi connectivity index (χ3n) is 3.15. The standard InChI is InChI=1S/C14H20N2OS/c1-12(14(17)16-7-9-18-10-8-16)15-11-13-5-3-2-4-6-13/h2-6,12,15H,7-11H2,1H3. The van der Waals surface area contributed by atoms with Crippen LogP contribution in [0.4, 0.5) is 0 Å². The Bertz CT molecular complexity index is 377. The van der Waals surface area contributed by atoms with Crippen molar-refractivity contribution in [2.45, 2.75) is 19.5 Å². The van der Waals surface area contributed by atoms with E-state index < -0.39 is 0 Å². The van der Waals surface area contributed by atoms with E-state index in [1.807, 2.05) is 41.8 Å². The first-order chi connectivity index (χ1) is 8.77. The lowest BCUT2D eigenvalue weighted by atomic mass is 10.2. The lowest BCUT2D eigenvalue weighted by Crippen LogP contribution is -2.47. The molecule has 3 nitrogen and oxygen atoms in total. The van der Waals surface area contributed by atoms with Crippen LogP contribution in [0.15, 0.2) is 30.3 Å². The van der Waals surface area contributed by atoms with Crippen LogP contribution < -0.4 is 5.32 Å². The largest absolute Gasteiger partial charge is 0.340 e. The van der Waals surface area contributed by atoms with Gasteiger partial charge in [0, 0.05) is 31.1 Å². The first kappa shape index (κ1) is 13.4. The van der Waals surface area contributed by atoms with Crippen LogP contribution in [0, 0.1) is 0 Å². The van der Waals surface area contributed by atoms with E-state index in [9.17, 15) is 4.79 Å². The molecule has 0 radical (unpaired) electrons. The number of hydrogen-bond acceptors (Lipinski definition) is 3. The smallest absolute Gasteiger partial charge is 0.239 e. The highest BCUT2D eigenvalue weighted by Crippen LogP contribution is 2.10. The van der Waals surface area contributed by atoms with Crippen LogP contribution >= 0.6 is 11.8 Å². The summed E-state index contributed by atoms with van der Waals surface area (Å²) in [5, 5.41) is 3.30. The van der Waals surface area contributed by atoms with Gasteiger partial charge in [-0.2, -0.15) is 11.8 Å². The van der Waals surface area contributed by atoms with Gasteiger partial charge in [-0.05, 0) is 12.5 Å². The molecule has 98 valence electrons. The minimum Gasteiger partial charge on any atom is -0.340 e. The molecule has 1 saturated heterocycles. The number of amides is 1. The zero-order valence-corrected chi connectivity index (χ0v) is 11.6. The predicted octanol–water partition coefficient (Wildman–Crippen LogP) is 1.74. The molecule has 1 heterocycles. The summed E-state index contributed by atoms with van der Waals surface area (Å²) in [5.74, 6) is 2.36. The summed E-state index contributed by atoms with van der Waals surface area (Å²) in [4.78, 5) is 14.1. The molecule has 1 amide bonds. The van der Waals surface area contributed by atoms with Gasteiger partial charge in [-0.15, -0.1) is 0 Å². The molecular formula is C14H20N2OS. The molecule has 2 rings (SSSR count). The Kier molecular flexibility index (Phi) is 5.08. The normalized spacial score (nSPS) is 17.5. The highest BCUT2D eigenvalue weighted by molar-refractivity contribution is 7.99. The maximum absolute atomic E-state index is 12.2. The van der Waals surface area contributed by atoms with E-state index in [-0.39, 0.29) is 11.9 Å². The Morgan fingerprint density at radius 1 is 1.33 bits per heavy atom. The minimum atomic E-state index is -0.103. The second-order valence-corrected chi connectivity index (χ2v) is 5.75. The molecule has 0 bridgehead atoms. The highest BCUT2D eigenvalue weighted by Gasteiger charge is 2.21. The second-order valence-electron chi connectivity index (χ2n) is 4.53. The van der Waals surface area contributed by atoms with E-state index in [1.165, 1.54) is 5.56 Å². The SMILES string of the molecule is CC(NCc1ccccc1)C(=O)N1CCSCC1. The Labute approximate surface area is 113 Å². The number of rotatable bonds is 4. The molecule has 0 saturated carbocycles. The third kappa shape index (κ3) is 3.75. The lowest BCUT2D eigenvalue weighted by Gasteiger charge is -2.29. The van der Waals surface area contributed by atoms with Crippen molar-refractivity contribution in [3.05, 3.63) is 35.9 Å². The summed E-state index contributed by atoms with van der Waals surface area (Å²) < 4.78 is 0. The zero-order valence-electron chi connectivity index (χ0n) is 10.8. The van der Waals surface area contributed by atoms with Gasteiger partial charge in [0.2, 0.25) is 5.91 Å². The fraction of sp³-hybridized carbons (Fsp3) is 0.500. The van der Waals surface area contributed by atoms with Crippen molar-refractivity contribution >= 4 is 17.7 Å². The van der Waals surface area contributed by atoms with E-state index >= 15 is 0 Å². The summed E-state index contributed by atoms with van der Waals surface area (Å²) in [5.41, 5.74) is 1.21. The summed E-state index contributed by atoms with van der Waals surface area (Å²) in [6.07, 6.45) is 0. The van der Waals surface area contributed by atoms with Crippen LogP contribution in [0.1, 0.15) is 12.5 Å². The van der Waals surface area contributed by atoms with Crippen molar-refractivity contribution < 1.29 is 4.79 Å². The number of benzene rings is 1. The number of carbonyl (C=O) groups is 1. The second kappa shape index (κ2) is 6.81. The Morgan fingerprint density at radius 3 is 2.67 bits per heavy atom. The minimum absolute atomic E-state index is 0.103. The molecular weight excluding hydrogens is 244 g/mol. The molecule has 1 aromatic rings. The average Bonchev–Trinajstić information content (AvgIpc) is 2.46. The molecule has 0 aliphatic carbocycles. The predicted molar refractivity (Wildman–Crippen MR) is 76.6 cm³/mol. The number of nitrogens with one attached hydrogen (secondary N) is 1. The van der Waals surface area contributed by atoms with E-state index in [0.29, 0.717) is 0 Å². The molecule has 1 N–H and O–H groups in total. The molecule has 1 atom stereocenters. The molecule has 4 heteroatoms. The maximum atomic E-state index is 12.2. The van der Waals surface area contributed by atoms with E-state index in [4.69, 9.17) is 0 Å². The molecule has 0 spiro atoms. The number of carbonyl (C=O) groups excluding carboxylic acids is 1. The van der Waals surface area contributed by atoms with Gasteiger partial charge in [0.05, 0.1) is 6.04 Å². The van der Waals surface area contributed by atoms with Gasteiger partial charge in [0.15, 0.2) is 0 Å². The molecule has 1 aliphatic rings. The van der Waals surface area contributed by atoms with Crippen LogP contribution in [-0.2, 0) is 11.3 Å². The molecule has 1 unspecified atom stereocenters. The topological polar surface area (TPSA) is 32.3 Å². The fourth-order valence-corrected chi connectivity index (χ4v) is 2.91. The van der Waals surface area contributed by atoms with Crippen LogP contribution in [0.2, 0.25) is 0 Å². The average molecular weight is 264 g/mol. The van der Waals surface area contributed by atoms with E-state index in [0.717, 1.165) is 31.1 Å². The van der Waals surface area contributed by atoms with Crippen molar-refractivity contribution in [2.75, 3.05) is 24.6 Å². The molecule has 1 fully saturated rings. The molecule has 1 aromatic carbocycles. The summed E-state index contributed by atoms with van der Waals surface area (Å²) in [6, 6.07) is 10.1. The van der Waals surface area contributed by atoms with Gasteiger partial charge in [-0.25, -0.2) is 0 Å². The summed E-state index contributed by atoms with van der Waals surface area (Å²) in [7, 11) is 0. The van der Waals surface area contributed by atoms with Crippen LogP contribution in [0.5, 0.6) is 0 Å². The molecule has 1 aliphatic heterocycles. The lowest BCUT2D eigenvalue weighted by molar-refractivity contribution is -0.132. The van der Waals surface area contributed by atoms with Gasteiger partial charge in [0.1, 0.15) is 0 Å². The zero-order chi connectivity index (χ0) is 12.8. The Hall–Kier alpha value is -1.00. The Balaban J connectivity index is 1.80. The van der Waals surface area contributed by atoms with Gasteiger partial charge in [-0.3, -0.25) is 4.79 Å². The van der Waals surface area contributed by atoms with Crippen molar-refractivity contribution in [1.82, 2.24) is 10.2 Å². The van der Waals surface area contributed by atoms with Gasteiger partial charge in [-0.1, -0.05) is 30.3 Å².